The molecule has 6 heteroatoms. The first-order chi connectivity index (χ1) is 9.27. The smallest absolute Gasteiger partial charge is 0.257 e. The van der Waals surface area contributed by atoms with Crippen molar-refractivity contribution in [3.05, 3.63) is 28.9 Å². The molecule has 100 valence electrons. The van der Waals surface area contributed by atoms with Gasteiger partial charge in [0.25, 0.3) is 5.91 Å². The molecule has 2 aromatic rings. The summed E-state index contributed by atoms with van der Waals surface area (Å²) >= 11 is 6.19. The predicted octanol–water partition coefficient (Wildman–Crippen LogP) is 2.08. The summed E-state index contributed by atoms with van der Waals surface area (Å²) in [6.07, 6.45) is 2.54. The molecule has 3 rings (SSSR count). The van der Waals surface area contributed by atoms with Crippen LogP contribution in [0, 0.1) is 0 Å². The molecule has 1 aliphatic rings. The number of nitrogens with one attached hydrogen (secondary N) is 1. The minimum absolute atomic E-state index is 0.0645. The van der Waals surface area contributed by atoms with E-state index in [2.05, 4.69) is 10.2 Å². The van der Waals surface area contributed by atoms with E-state index in [9.17, 15) is 4.79 Å². The van der Waals surface area contributed by atoms with Crippen molar-refractivity contribution in [3.8, 4) is 0 Å². The number of H-pyrrole nitrogens is 1. The number of carbonyl (C=O) groups excluding carboxylic acids is 1. The van der Waals surface area contributed by atoms with Crippen LogP contribution >= 0.6 is 11.6 Å². The minimum atomic E-state index is -0.0645. The molecule has 1 amide bonds. The highest BCUT2D eigenvalue weighted by Crippen LogP contribution is 2.26. The van der Waals surface area contributed by atoms with Crippen molar-refractivity contribution in [2.24, 2.45) is 0 Å². The SMILES string of the molecule is O=C(c1c(Cl)ccc2cn[nH]c12)N1CCCOCC1. The molecule has 1 aliphatic heterocycles. The largest absolute Gasteiger partial charge is 0.380 e. The molecule has 1 saturated heterocycles. The van der Waals surface area contributed by atoms with Gasteiger partial charge in [0, 0.05) is 25.1 Å². The second-order valence-corrected chi connectivity index (χ2v) is 4.92. The fourth-order valence-electron chi connectivity index (χ4n) is 2.30. The molecule has 0 radical (unpaired) electrons. The first-order valence-electron chi connectivity index (χ1n) is 6.26. The van der Waals surface area contributed by atoms with Gasteiger partial charge in [-0.3, -0.25) is 9.89 Å². The maximum absolute atomic E-state index is 12.6. The number of hydrogen-bond acceptors (Lipinski definition) is 3. The lowest BCUT2D eigenvalue weighted by Crippen LogP contribution is -2.33. The normalized spacial score (nSPS) is 16.6. The average Bonchev–Trinajstić information content (AvgIpc) is 2.71. The van der Waals surface area contributed by atoms with E-state index in [1.807, 2.05) is 6.07 Å². The number of halogens is 1. The number of nitrogens with zero attached hydrogens (tertiary/aromatic N) is 2. The number of aromatic amines is 1. The van der Waals surface area contributed by atoms with Gasteiger partial charge in [0.1, 0.15) is 0 Å². The molecule has 0 unspecified atom stereocenters. The number of rotatable bonds is 1. The van der Waals surface area contributed by atoms with Gasteiger partial charge in [0.15, 0.2) is 0 Å². The molecular formula is C13H14ClN3O2. The third-order valence-corrected chi connectivity index (χ3v) is 3.61. The van der Waals surface area contributed by atoms with Crippen molar-refractivity contribution in [1.82, 2.24) is 15.1 Å². The standard InChI is InChI=1S/C13H14ClN3O2/c14-10-3-2-9-8-15-16-12(9)11(10)13(18)17-4-1-6-19-7-5-17/h2-3,8H,1,4-7H2,(H,15,16). The molecule has 0 saturated carbocycles. The summed E-state index contributed by atoms with van der Waals surface area (Å²) in [7, 11) is 0. The quantitative estimate of drug-likeness (QED) is 0.869. The third-order valence-electron chi connectivity index (χ3n) is 3.29. The fourth-order valence-corrected chi connectivity index (χ4v) is 2.54. The third kappa shape index (κ3) is 2.31. The van der Waals surface area contributed by atoms with Crippen LogP contribution in [0.5, 0.6) is 0 Å². The summed E-state index contributed by atoms with van der Waals surface area (Å²) in [6.45, 7) is 2.56. The Hall–Kier alpha value is -1.59. The molecule has 0 aliphatic carbocycles. The Morgan fingerprint density at radius 1 is 1.37 bits per heavy atom. The molecule has 0 atom stereocenters. The Morgan fingerprint density at radius 2 is 2.26 bits per heavy atom. The fraction of sp³-hybridized carbons (Fsp3) is 0.385. The van der Waals surface area contributed by atoms with E-state index in [1.165, 1.54) is 0 Å². The summed E-state index contributed by atoms with van der Waals surface area (Å²) in [4.78, 5) is 14.4. The summed E-state index contributed by atoms with van der Waals surface area (Å²) in [5.41, 5.74) is 1.20. The van der Waals surface area contributed by atoms with Crippen LogP contribution in [0.25, 0.3) is 10.9 Å². The van der Waals surface area contributed by atoms with Crippen molar-refractivity contribution in [2.45, 2.75) is 6.42 Å². The highest BCUT2D eigenvalue weighted by Gasteiger charge is 2.22. The maximum Gasteiger partial charge on any atom is 0.257 e. The molecule has 1 N–H and O–H groups in total. The van der Waals surface area contributed by atoms with Gasteiger partial charge in [-0.1, -0.05) is 11.6 Å². The molecule has 1 aromatic heterocycles. The zero-order valence-electron chi connectivity index (χ0n) is 10.4. The number of fused-ring (bicyclic) bond motifs is 1. The lowest BCUT2D eigenvalue weighted by Gasteiger charge is -2.20. The molecule has 0 spiro atoms. The number of aromatic nitrogens is 2. The van der Waals surface area contributed by atoms with Gasteiger partial charge in [-0.2, -0.15) is 5.10 Å². The maximum atomic E-state index is 12.6. The van der Waals surface area contributed by atoms with Crippen LogP contribution in [0.15, 0.2) is 18.3 Å². The van der Waals surface area contributed by atoms with E-state index < -0.39 is 0 Å². The Labute approximate surface area is 115 Å². The lowest BCUT2D eigenvalue weighted by atomic mass is 10.1. The number of hydrogen-bond donors (Lipinski definition) is 1. The topological polar surface area (TPSA) is 58.2 Å². The monoisotopic (exact) mass is 279 g/mol. The van der Waals surface area contributed by atoms with Crippen LogP contribution < -0.4 is 0 Å². The summed E-state index contributed by atoms with van der Waals surface area (Å²) in [6, 6.07) is 3.59. The van der Waals surface area contributed by atoms with Gasteiger partial charge in [-0.05, 0) is 18.6 Å². The highest BCUT2D eigenvalue weighted by atomic mass is 35.5. The van der Waals surface area contributed by atoms with E-state index >= 15 is 0 Å². The lowest BCUT2D eigenvalue weighted by molar-refractivity contribution is 0.0743. The summed E-state index contributed by atoms with van der Waals surface area (Å²) in [5.74, 6) is -0.0645. The number of carbonyl (C=O) groups is 1. The molecular weight excluding hydrogens is 266 g/mol. The zero-order valence-corrected chi connectivity index (χ0v) is 11.1. The van der Waals surface area contributed by atoms with E-state index in [1.54, 1.807) is 17.2 Å². The highest BCUT2D eigenvalue weighted by molar-refractivity contribution is 6.35. The van der Waals surface area contributed by atoms with Crippen molar-refractivity contribution >= 4 is 28.4 Å². The van der Waals surface area contributed by atoms with E-state index in [0.717, 1.165) is 11.8 Å². The Morgan fingerprint density at radius 3 is 3.16 bits per heavy atom. The van der Waals surface area contributed by atoms with E-state index in [0.29, 0.717) is 42.4 Å². The molecule has 5 nitrogen and oxygen atoms in total. The van der Waals surface area contributed by atoms with E-state index in [-0.39, 0.29) is 5.91 Å². The molecule has 2 heterocycles. The van der Waals surface area contributed by atoms with Gasteiger partial charge in [-0.25, -0.2) is 0 Å². The first-order valence-corrected chi connectivity index (χ1v) is 6.64. The van der Waals surface area contributed by atoms with Gasteiger partial charge < -0.3 is 9.64 Å². The number of benzene rings is 1. The molecule has 1 fully saturated rings. The van der Waals surface area contributed by atoms with Gasteiger partial charge in [-0.15, -0.1) is 0 Å². The van der Waals surface area contributed by atoms with Gasteiger partial charge in [0.2, 0.25) is 0 Å². The first kappa shape index (κ1) is 12.4. The van der Waals surface area contributed by atoms with E-state index in [4.69, 9.17) is 16.3 Å². The number of ether oxygens (including phenoxy) is 1. The van der Waals surface area contributed by atoms with Gasteiger partial charge >= 0.3 is 0 Å². The predicted molar refractivity (Wildman–Crippen MR) is 72.4 cm³/mol. The Kier molecular flexibility index (Phi) is 3.40. The van der Waals surface area contributed by atoms with Crippen LogP contribution in [0.1, 0.15) is 16.8 Å². The Bertz CT molecular complexity index is 603. The molecule has 1 aromatic carbocycles. The minimum Gasteiger partial charge on any atom is -0.380 e. The van der Waals surface area contributed by atoms with Crippen molar-refractivity contribution < 1.29 is 9.53 Å². The Balaban J connectivity index is 2.00. The summed E-state index contributed by atoms with van der Waals surface area (Å²) < 4.78 is 5.37. The van der Waals surface area contributed by atoms with Crippen molar-refractivity contribution in [1.29, 1.82) is 0 Å². The second-order valence-electron chi connectivity index (χ2n) is 4.51. The van der Waals surface area contributed by atoms with Crippen molar-refractivity contribution in [3.63, 3.8) is 0 Å². The van der Waals surface area contributed by atoms with Crippen LogP contribution in [0.3, 0.4) is 0 Å². The van der Waals surface area contributed by atoms with Crippen molar-refractivity contribution in [2.75, 3.05) is 26.3 Å². The summed E-state index contributed by atoms with van der Waals surface area (Å²) in [5, 5.41) is 8.16. The van der Waals surface area contributed by atoms with Crippen LogP contribution in [0.2, 0.25) is 5.02 Å². The number of amides is 1. The van der Waals surface area contributed by atoms with Crippen LogP contribution in [-0.4, -0.2) is 47.3 Å². The van der Waals surface area contributed by atoms with Crippen LogP contribution in [-0.2, 0) is 4.74 Å². The van der Waals surface area contributed by atoms with Crippen LogP contribution in [0.4, 0.5) is 0 Å². The molecule has 0 bridgehead atoms. The second kappa shape index (κ2) is 5.19. The zero-order chi connectivity index (χ0) is 13.2. The van der Waals surface area contributed by atoms with Gasteiger partial charge in [0.05, 0.1) is 28.9 Å². The molecule has 19 heavy (non-hydrogen) atoms. The average molecular weight is 280 g/mol.